The lowest BCUT2D eigenvalue weighted by molar-refractivity contribution is 0.113. The average molecular weight is 368 g/mol. The van der Waals surface area contributed by atoms with E-state index in [1.807, 2.05) is 0 Å². The summed E-state index contributed by atoms with van der Waals surface area (Å²) in [4.78, 5) is 5.26. The third-order valence-electron chi connectivity index (χ3n) is 6.15. The lowest BCUT2D eigenvalue weighted by atomic mass is 9.97. The van der Waals surface area contributed by atoms with Gasteiger partial charge in [-0.25, -0.2) is 4.68 Å². The van der Waals surface area contributed by atoms with Crippen molar-refractivity contribution >= 4 is 5.69 Å². The summed E-state index contributed by atoms with van der Waals surface area (Å²) >= 11 is 0. The van der Waals surface area contributed by atoms with Gasteiger partial charge in [-0.15, -0.1) is 5.10 Å². The lowest BCUT2D eigenvalue weighted by Gasteiger charge is -2.42. The molecule has 2 aliphatic heterocycles. The van der Waals surface area contributed by atoms with E-state index < -0.39 is 0 Å². The van der Waals surface area contributed by atoms with Gasteiger partial charge >= 0.3 is 0 Å². The van der Waals surface area contributed by atoms with Gasteiger partial charge in [0.15, 0.2) is 0 Å². The van der Waals surface area contributed by atoms with Gasteiger partial charge in [-0.2, -0.15) is 0 Å². The molecule has 2 fully saturated rings. The average Bonchev–Trinajstić information content (AvgIpc) is 3.17. The van der Waals surface area contributed by atoms with E-state index in [2.05, 4.69) is 75.2 Å². The summed E-state index contributed by atoms with van der Waals surface area (Å²) in [5.41, 5.74) is 2.51. The molecular weight excluding hydrogens is 334 g/mol. The molecule has 0 N–H and O–H groups in total. The van der Waals surface area contributed by atoms with Gasteiger partial charge in [0, 0.05) is 44.1 Å². The van der Waals surface area contributed by atoms with Crippen molar-refractivity contribution in [3.05, 3.63) is 42.2 Å². The maximum Gasteiger partial charge on any atom is 0.0829 e. The van der Waals surface area contributed by atoms with E-state index in [9.17, 15) is 0 Å². The van der Waals surface area contributed by atoms with Gasteiger partial charge in [-0.05, 0) is 50.2 Å². The van der Waals surface area contributed by atoms with Crippen molar-refractivity contribution in [3.63, 3.8) is 0 Å². The van der Waals surface area contributed by atoms with Gasteiger partial charge in [-0.3, -0.25) is 0 Å². The molecule has 0 bridgehead atoms. The van der Waals surface area contributed by atoms with E-state index in [0.29, 0.717) is 12.0 Å². The number of nitrogens with zero attached hydrogens (tertiary/aromatic N) is 5. The Morgan fingerprint density at radius 1 is 0.926 bits per heavy atom. The second-order valence-electron chi connectivity index (χ2n) is 8.61. The Morgan fingerprint density at radius 2 is 1.59 bits per heavy atom. The summed E-state index contributed by atoms with van der Waals surface area (Å²) < 4.78 is 2.13. The van der Waals surface area contributed by atoms with Crippen LogP contribution in [0.1, 0.15) is 51.3 Å². The summed E-state index contributed by atoms with van der Waals surface area (Å²) in [6.45, 7) is 9.22. The number of para-hydroxylation sites is 1. The molecule has 1 aromatic heterocycles. The molecule has 27 heavy (non-hydrogen) atoms. The van der Waals surface area contributed by atoms with E-state index in [0.717, 1.165) is 18.2 Å². The maximum absolute atomic E-state index is 4.42. The normalized spacial score (nSPS) is 20.5. The molecule has 0 amide bonds. The van der Waals surface area contributed by atoms with Crippen molar-refractivity contribution in [3.8, 4) is 0 Å². The van der Waals surface area contributed by atoms with E-state index >= 15 is 0 Å². The molecule has 0 unspecified atom stereocenters. The smallest absolute Gasteiger partial charge is 0.0829 e. The zero-order valence-corrected chi connectivity index (χ0v) is 16.8. The standard InChI is InChI=1S/C22H33N5/c1-18(2)16-19-17-27(24-23-19)22-10-14-26(15-11-22)21-8-12-25(13-9-21)20-6-4-3-5-7-20/h3-7,17-18,21-22H,8-16H2,1-2H3. The fourth-order valence-electron chi connectivity index (χ4n) is 4.65. The largest absolute Gasteiger partial charge is 0.371 e. The van der Waals surface area contributed by atoms with Crippen LogP contribution >= 0.6 is 0 Å². The van der Waals surface area contributed by atoms with Gasteiger partial charge in [0.25, 0.3) is 0 Å². The highest BCUT2D eigenvalue weighted by atomic mass is 15.4. The van der Waals surface area contributed by atoms with Crippen molar-refractivity contribution in [2.45, 2.75) is 58.0 Å². The van der Waals surface area contributed by atoms with Crippen LogP contribution in [0.15, 0.2) is 36.5 Å². The van der Waals surface area contributed by atoms with E-state index in [4.69, 9.17) is 0 Å². The molecule has 5 heteroatoms. The fraction of sp³-hybridized carbons (Fsp3) is 0.636. The van der Waals surface area contributed by atoms with Crippen LogP contribution in [0, 0.1) is 5.92 Å². The van der Waals surface area contributed by atoms with Crippen LogP contribution in [0.25, 0.3) is 0 Å². The number of piperidine rings is 2. The number of anilines is 1. The van der Waals surface area contributed by atoms with Crippen molar-refractivity contribution in [2.24, 2.45) is 5.92 Å². The second kappa shape index (κ2) is 8.42. The molecule has 0 spiro atoms. The first kappa shape index (κ1) is 18.5. The van der Waals surface area contributed by atoms with Gasteiger partial charge in [0.1, 0.15) is 0 Å². The summed E-state index contributed by atoms with van der Waals surface area (Å²) in [6, 6.07) is 12.1. The zero-order chi connectivity index (χ0) is 18.6. The van der Waals surface area contributed by atoms with Crippen LogP contribution in [0.2, 0.25) is 0 Å². The fourth-order valence-corrected chi connectivity index (χ4v) is 4.65. The molecule has 2 saturated heterocycles. The number of aromatic nitrogens is 3. The Kier molecular flexibility index (Phi) is 5.77. The zero-order valence-electron chi connectivity index (χ0n) is 16.8. The second-order valence-corrected chi connectivity index (χ2v) is 8.61. The SMILES string of the molecule is CC(C)Cc1cn(C2CCN(C3CCN(c4ccccc4)CC3)CC2)nn1. The predicted octanol–water partition coefficient (Wildman–Crippen LogP) is 3.78. The monoisotopic (exact) mass is 367 g/mol. The molecule has 0 radical (unpaired) electrons. The highest BCUT2D eigenvalue weighted by Gasteiger charge is 2.29. The number of rotatable bonds is 5. The molecule has 2 aliphatic rings. The molecule has 146 valence electrons. The first-order chi connectivity index (χ1) is 13.2. The lowest BCUT2D eigenvalue weighted by Crippen LogP contribution is -2.48. The third kappa shape index (κ3) is 4.52. The molecule has 0 saturated carbocycles. The van der Waals surface area contributed by atoms with Crippen molar-refractivity contribution < 1.29 is 0 Å². The van der Waals surface area contributed by atoms with Crippen LogP contribution < -0.4 is 4.90 Å². The minimum Gasteiger partial charge on any atom is -0.371 e. The summed E-state index contributed by atoms with van der Waals surface area (Å²) in [5.74, 6) is 0.638. The maximum atomic E-state index is 4.42. The van der Waals surface area contributed by atoms with Crippen molar-refractivity contribution in [1.82, 2.24) is 19.9 Å². The molecule has 5 nitrogen and oxygen atoms in total. The quantitative estimate of drug-likeness (QED) is 0.806. The predicted molar refractivity (Wildman–Crippen MR) is 110 cm³/mol. The Morgan fingerprint density at radius 3 is 2.26 bits per heavy atom. The molecule has 0 atom stereocenters. The topological polar surface area (TPSA) is 37.2 Å². The number of benzene rings is 1. The highest BCUT2D eigenvalue weighted by Crippen LogP contribution is 2.28. The molecule has 2 aromatic rings. The van der Waals surface area contributed by atoms with Crippen LogP contribution in [-0.4, -0.2) is 52.1 Å². The minimum atomic E-state index is 0.527. The van der Waals surface area contributed by atoms with E-state index in [1.54, 1.807) is 0 Å². The van der Waals surface area contributed by atoms with Gasteiger partial charge in [0.2, 0.25) is 0 Å². The van der Waals surface area contributed by atoms with Crippen LogP contribution in [0.5, 0.6) is 0 Å². The van der Waals surface area contributed by atoms with E-state index in [1.165, 1.54) is 57.5 Å². The Labute approximate surface area is 163 Å². The third-order valence-corrected chi connectivity index (χ3v) is 6.15. The molecule has 3 heterocycles. The summed E-state index contributed by atoms with van der Waals surface area (Å²) in [7, 11) is 0. The summed E-state index contributed by atoms with van der Waals surface area (Å²) in [5, 5.41) is 8.79. The van der Waals surface area contributed by atoms with Gasteiger partial charge in [0.05, 0.1) is 11.7 Å². The van der Waals surface area contributed by atoms with Gasteiger partial charge < -0.3 is 9.80 Å². The van der Waals surface area contributed by atoms with Crippen LogP contribution in [0.3, 0.4) is 0 Å². The number of hydrogen-bond acceptors (Lipinski definition) is 4. The minimum absolute atomic E-state index is 0.527. The first-order valence-electron chi connectivity index (χ1n) is 10.6. The molecular formula is C22H33N5. The number of likely N-dealkylation sites (tertiary alicyclic amines) is 1. The van der Waals surface area contributed by atoms with Crippen LogP contribution in [0.4, 0.5) is 5.69 Å². The first-order valence-corrected chi connectivity index (χ1v) is 10.6. The molecule has 4 rings (SSSR count). The molecule has 0 aliphatic carbocycles. The van der Waals surface area contributed by atoms with Crippen LogP contribution in [-0.2, 0) is 6.42 Å². The van der Waals surface area contributed by atoms with Crippen molar-refractivity contribution in [1.29, 1.82) is 0 Å². The van der Waals surface area contributed by atoms with Gasteiger partial charge in [-0.1, -0.05) is 37.3 Å². The van der Waals surface area contributed by atoms with Crippen molar-refractivity contribution in [2.75, 3.05) is 31.1 Å². The highest BCUT2D eigenvalue weighted by molar-refractivity contribution is 5.46. The summed E-state index contributed by atoms with van der Waals surface area (Å²) in [6.07, 6.45) is 8.16. The van der Waals surface area contributed by atoms with E-state index in [-0.39, 0.29) is 0 Å². The Balaban J connectivity index is 1.26. The Hall–Kier alpha value is -1.88. The Bertz CT molecular complexity index is 695. The number of hydrogen-bond donors (Lipinski definition) is 0. The molecule has 1 aromatic carbocycles.